The van der Waals surface area contributed by atoms with Gasteiger partial charge in [-0.15, -0.1) is 0 Å². The van der Waals surface area contributed by atoms with E-state index < -0.39 is 17.9 Å². The molecule has 2 fully saturated rings. The molecule has 7 nitrogen and oxygen atoms in total. The van der Waals surface area contributed by atoms with Crippen LogP contribution in [-0.2, 0) is 14.4 Å². The van der Waals surface area contributed by atoms with E-state index in [2.05, 4.69) is 11.4 Å². The molecule has 10 heteroatoms. The van der Waals surface area contributed by atoms with Crippen LogP contribution in [0.25, 0.3) is 6.08 Å². The Hall–Kier alpha value is -3.73. The summed E-state index contributed by atoms with van der Waals surface area (Å²) in [5, 5.41) is 12.8. The zero-order chi connectivity index (χ0) is 31.0. The average molecular weight is 643 g/mol. The first-order chi connectivity index (χ1) is 21.2. The maximum Gasteiger partial charge on any atom is 0.326 e. The Morgan fingerprint density at radius 2 is 1.77 bits per heavy atom. The Morgan fingerprint density at radius 1 is 1.02 bits per heavy atom. The van der Waals surface area contributed by atoms with Crippen LogP contribution >= 0.6 is 35.7 Å². The molecule has 224 valence electrons. The Balaban J connectivity index is 1.23. The van der Waals surface area contributed by atoms with Crippen LogP contribution < -0.4 is 5.32 Å². The Morgan fingerprint density at radius 3 is 2.52 bits per heavy atom. The normalized spacial score (nSPS) is 20.1. The third-order valence-corrected chi connectivity index (χ3v) is 10.9. The average Bonchev–Trinajstić information content (AvgIpc) is 3.30. The summed E-state index contributed by atoms with van der Waals surface area (Å²) >= 11 is 8.02. The lowest BCUT2D eigenvalue weighted by Crippen LogP contribution is -2.41. The first kappa shape index (κ1) is 30.3. The molecule has 3 unspecified atom stereocenters. The van der Waals surface area contributed by atoms with Gasteiger partial charge in [0.15, 0.2) is 5.78 Å². The van der Waals surface area contributed by atoms with Crippen molar-refractivity contribution in [2.75, 3.05) is 5.32 Å². The van der Waals surface area contributed by atoms with Gasteiger partial charge in [-0.2, -0.15) is 0 Å². The highest BCUT2D eigenvalue weighted by molar-refractivity contribution is 8.26. The number of hydrogen-bond donors (Lipinski definition) is 2. The van der Waals surface area contributed by atoms with E-state index >= 15 is 0 Å². The number of amides is 1. The monoisotopic (exact) mass is 642 g/mol. The van der Waals surface area contributed by atoms with Gasteiger partial charge in [-0.05, 0) is 61.2 Å². The molecule has 3 atom stereocenters. The van der Waals surface area contributed by atoms with Gasteiger partial charge in [-0.3, -0.25) is 19.3 Å². The highest BCUT2D eigenvalue weighted by Gasteiger charge is 2.38. The minimum Gasteiger partial charge on any atom is -0.480 e. The summed E-state index contributed by atoms with van der Waals surface area (Å²) in [4.78, 5) is 54.9. The molecule has 0 aromatic heterocycles. The number of hydrogen-bond acceptors (Lipinski definition) is 8. The molecule has 1 saturated heterocycles. The van der Waals surface area contributed by atoms with Gasteiger partial charge in [-0.25, -0.2) is 4.79 Å². The number of para-hydroxylation sites is 1. The lowest BCUT2D eigenvalue weighted by atomic mass is 9.73. The molecule has 2 heterocycles. The molecule has 3 aromatic carbocycles. The number of ketones is 2. The van der Waals surface area contributed by atoms with E-state index in [1.807, 2.05) is 60.7 Å². The smallest absolute Gasteiger partial charge is 0.326 e. The highest BCUT2D eigenvalue weighted by Crippen LogP contribution is 2.45. The van der Waals surface area contributed by atoms with Gasteiger partial charge in [0.2, 0.25) is 0 Å². The molecule has 0 radical (unpaired) electrons. The fourth-order valence-corrected chi connectivity index (χ4v) is 8.36. The van der Waals surface area contributed by atoms with Crippen molar-refractivity contribution in [3.8, 4) is 0 Å². The number of rotatable bonds is 8. The second kappa shape index (κ2) is 12.7. The number of carboxylic acids is 1. The number of carbonyl (C=O) groups is 4. The van der Waals surface area contributed by atoms with Crippen LogP contribution in [0, 0.1) is 5.92 Å². The topological polar surface area (TPSA) is 104 Å². The number of carbonyl (C=O) groups excluding carboxylic acids is 3. The molecule has 0 bridgehead atoms. The van der Waals surface area contributed by atoms with Gasteiger partial charge in [0, 0.05) is 40.0 Å². The van der Waals surface area contributed by atoms with Crippen LogP contribution in [0.3, 0.4) is 0 Å². The summed E-state index contributed by atoms with van der Waals surface area (Å²) in [5.41, 5.74) is 4.18. The molecule has 0 spiro atoms. The van der Waals surface area contributed by atoms with Gasteiger partial charge >= 0.3 is 5.97 Å². The minimum atomic E-state index is -1.12. The number of fused-ring (bicyclic) bond motifs is 2. The standard InChI is InChI=1S/C34H30N2O5S3/c1-19(33(40)41)36-32(39)31(44-34(36)42)16-20-10-12-21(13-11-20)24(23-6-2-4-8-27(23)37)18-28(38)22-14-15-30-26(17-22)35-25-7-3-5-9-29(25)43-30/h3,5,7,9-17,19,23-24,35H,2,4,6,8,18H2,1H3,(H,40,41)/b31-16+. The van der Waals surface area contributed by atoms with E-state index in [4.69, 9.17) is 12.2 Å². The number of thioether (sulfide) groups is 1. The maximum atomic E-state index is 13.8. The third-order valence-electron chi connectivity index (χ3n) is 8.40. The summed E-state index contributed by atoms with van der Waals surface area (Å²) in [6.07, 6.45) is 5.02. The molecule has 6 rings (SSSR count). The summed E-state index contributed by atoms with van der Waals surface area (Å²) < 4.78 is 0.210. The Bertz CT molecular complexity index is 1720. The quantitative estimate of drug-likeness (QED) is 0.114. The van der Waals surface area contributed by atoms with Crippen molar-refractivity contribution in [2.24, 2.45) is 5.92 Å². The number of anilines is 2. The molecular weight excluding hydrogens is 613 g/mol. The second-order valence-corrected chi connectivity index (χ2v) is 14.0. The van der Waals surface area contributed by atoms with E-state index in [0.717, 1.165) is 68.2 Å². The van der Waals surface area contributed by atoms with Crippen LogP contribution in [0.4, 0.5) is 11.4 Å². The van der Waals surface area contributed by atoms with Crippen LogP contribution in [0.5, 0.6) is 0 Å². The third kappa shape index (κ3) is 6.11. The van der Waals surface area contributed by atoms with Crippen molar-refractivity contribution in [2.45, 2.75) is 60.8 Å². The van der Waals surface area contributed by atoms with Crippen LogP contribution in [0.15, 0.2) is 81.4 Å². The minimum absolute atomic E-state index is 0.0119. The SMILES string of the molecule is CC(C(=O)O)N1C(=O)/C(=C\c2ccc(C(CC(=O)c3ccc4c(c3)Nc3ccccc3S4)C3CCCCC3=O)cc2)SC1=S. The lowest BCUT2D eigenvalue weighted by molar-refractivity contribution is -0.144. The van der Waals surface area contributed by atoms with Gasteiger partial charge in [0.05, 0.1) is 16.3 Å². The molecular formula is C34H30N2O5S3. The van der Waals surface area contributed by atoms with Crippen molar-refractivity contribution < 1.29 is 24.3 Å². The van der Waals surface area contributed by atoms with Crippen LogP contribution in [0.2, 0.25) is 0 Å². The van der Waals surface area contributed by atoms with E-state index in [9.17, 15) is 24.3 Å². The maximum absolute atomic E-state index is 13.8. The second-order valence-electron chi connectivity index (χ2n) is 11.2. The summed E-state index contributed by atoms with van der Waals surface area (Å²) in [6, 6.07) is 20.4. The predicted octanol–water partition coefficient (Wildman–Crippen LogP) is 7.69. The number of carboxylic acid groups (broad SMARTS) is 1. The van der Waals surface area contributed by atoms with Gasteiger partial charge < -0.3 is 10.4 Å². The Kier molecular flexibility index (Phi) is 8.75. The lowest BCUT2D eigenvalue weighted by Gasteiger charge is -2.29. The summed E-state index contributed by atoms with van der Waals surface area (Å²) in [6.45, 7) is 1.43. The first-order valence-corrected chi connectivity index (χ1v) is 16.6. The van der Waals surface area contributed by atoms with E-state index in [-0.39, 0.29) is 34.1 Å². The molecule has 2 aliphatic heterocycles. The molecule has 3 aliphatic rings. The van der Waals surface area contributed by atoms with Crippen LogP contribution in [0.1, 0.15) is 66.4 Å². The van der Waals surface area contributed by atoms with Crippen molar-refractivity contribution >= 4 is 81.0 Å². The zero-order valence-electron chi connectivity index (χ0n) is 23.9. The van der Waals surface area contributed by atoms with E-state index in [0.29, 0.717) is 16.9 Å². The van der Waals surface area contributed by atoms with E-state index in [1.165, 1.54) is 6.92 Å². The molecule has 44 heavy (non-hydrogen) atoms. The molecule has 1 amide bonds. The number of benzene rings is 3. The number of aliphatic carboxylic acids is 1. The largest absolute Gasteiger partial charge is 0.480 e. The molecule has 3 aromatic rings. The van der Waals surface area contributed by atoms with E-state index in [1.54, 1.807) is 17.8 Å². The highest BCUT2D eigenvalue weighted by atomic mass is 32.2. The fourth-order valence-electron chi connectivity index (χ4n) is 5.97. The number of Topliss-reactive ketones (excluding diaryl/α,β-unsaturated/α-hetero) is 2. The predicted molar refractivity (Wildman–Crippen MR) is 177 cm³/mol. The Labute approximate surface area is 269 Å². The van der Waals surface area contributed by atoms with Crippen molar-refractivity contribution in [1.29, 1.82) is 0 Å². The van der Waals surface area contributed by atoms with Crippen molar-refractivity contribution in [3.05, 3.63) is 88.3 Å². The van der Waals surface area contributed by atoms with Gasteiger partial charge in [-0.1, -0.05) is 84.6 Å². The van der Waals surface area contributed by atoms with Gasteiger partial charge in [0.25, 0.3) is 5.91 Å². The fraction of sp³-hybridized carbons (Fsp3) is 0.265. The number of nitrogens with one attached hydrogen (secondary N) is 1. The molecule has 1 aliphatic carbocycles. The van der Waals surface area contributed by atoms with Crippen LogP contribution in [-0.4, -0.2) is 43.8 Å². The van der Waals surface area contributed by atoms with Gasteiger partial charge in [0.1, 0.15) is 16.1 Å². The molecule has 1 saturated carbocycles. The van der Waals surface area contributed by atoms with Crippen molar-refractivity contribution in [3.63, 3.8) is 0 Å². The molecule has 2 N–H and O–H groups in total. The summed E-state index contributed by atoms with van der Waals surface area (Å²) in [7, 11) is 0. The number of thiocarbonyl (C=S) groups is 1. The summed E-state index contributed by atoms with van der Waals surface area (Å²) in [5.74, 6) is -1.86. The zero-order valence-corrected chi connectivity index (χ0v) is 26.4. The van der Waals surface area contributed by atoms with Crippen molar-refractivity contribution in [1.82, 2.24) is 4.90 Å². The number of nitrogens with zero attached hydrogens (tertiary/aromatic N) is 1. The first-order valence-electron chi connectivity index (χ1n) is 14.5.